The number of hydrogen-bond acceptors (Lipinski definition) is 2. The van der Waals surface area contributed by atoms with Gasteiger partial charge in [0.2, 0.25) is 11.9 Å². The molecule has 4 rings (SSSR count). The van der Waals surface area contributed by atoms with E-state index in [1.54, 1.807) is 0 Å². The van der Waals surface area contributed by atoms with Gasteiger partial charge < -0.3 is 4.57 Å². The van der Waals surface area contributed by atoms with Gasteiger partial charge in [-0.3, -0.25) is 10.1 Å². The zero-order valence-corrected chi connectivity index (χ0v) is 13.1. The number of nitrogens with one attached hydrogen (secondary N) is 1. The van der Waals surface area contributed by atoms with Gasteiger partial charge in [0.05, 0.1) is 11.0 Å². The number of fused-ring (bicyclic) bond motifs is 1. The molecule has 4 heteroatoms. The van der Waals surface area contributed by atoms with Gasteiger partial charge in [0.25, 0.3) is 0 Å². The van der Waals surface area contributed by atoms with E-state index in [2.05, 4.69) is 29.4 Å². The molecule has 0 unspecified atom stereocenters. The molecule has 23 heavy (non-hydrogen) atoms. The second-order valence-electron chi connectivity index (χ2n) is 6.02. The van der Waals surface area contributed by atoms with E-state index in [4.69, 9.17) is 0 Å². The van der Waals surface area contributed by atoms with E-state index in [0.29, 0.717) is 11.9 Å². The molecule has 1 heterocycles. The van der Waals surface area contributed by atoms with Crippen molar-refractivity contribution in [1.82, 2.24) is 9.55 Å². The van der Waals surface area contributed by atoms with Gasteiger partial charge >= 0.3 is 0 Å². The van der Waals surface area contributed by atoms with E-state index in [1.807, 2.05) is 47.0 Å². The summed E-state index contributed by atoms with van der Waals surface area (Å²) in [5, 5.41) is 3.03. The zero-order chi connectivity index (χ0) is 15.8. The Balaban J connectivity index is 1.54. The van der Waals surface area contributed by atoms with Crippen LogP contribution in [0, 0.1) is 5.92 Å². The highest BCUT2D eigenvalue weighted by Gasteiger charge is 2.44. The van der Waals surface area contributed by atoms with Crippen LogP contribution in [-0.2, 0) is 11.3 Å². The smallest absolute Gasteiger partial charge is 0.230 e. The number of aromatic nitrogens is 2. The summed E-state index contributed by atoms with van der Waals surface area (Å²) in [6, 6.07) is 18.2. The van der Waals surface area contributed by atoms with Crippen LogP contribution < -0.4 is 5.32 Å². The van der Waals surface area contributed by atoms with Crippen LogP contribution in [-0.4, -0.2) is 15.5 Å². The number of anilines is 1. The molecule has 1 amide bonds. The number of imidazole rings is 1. The Morgan fingerprint density at radius 3 is 2.70 bits per heavy atom. The molecule has 0 spiro atoms. The fourth-order valence-corrected chi connectivity index (χ4v) is 3.25. The first-order valence-corrected chi connectivity index (χ1v) is 8.09. The number of carbonyl (C=O) groups excluding carboxylic acids is 1. The molecule has 1 N–H and O–H groups in total. The molecular weight excluding hydrogens is 286 g/mol. The Morgan fingerprint density at radius 1 is 1.17 bits per heavy atom. The summed E-state index contributed by atoms with van der Waals surface area (Å²) < 4.78 is 2.05. The summed E-state index contributed by atoms with van der Waals surface area (Å²) >= 11 is 0. The Morgan fingerprint density at radius 2 is 1.91 bits per heavy atom. The van der Waals surface area contributed by atoms with Crippen LogP contribution in [0.5, 0.6) is 0 Å². The number of rotatable bonds is 4. The van der Waals surface area contributed by atoms with E-state index in [-0.39, 0.29) is 11.8 Å². The lowest BCUT2D eigenvalue weighted by molar-refractivity contribution is -0.117. The summed E-state index contributed by atoms with van der Waals surface area (Å²) in [6.07, 6.45) is 0.919. The van der Waals surface area contributed by atoms with E-state index in [0.717, 1.165) is 24.0 Å². The predicted octanol–water partition coefficient (Wildman–Crippen LogP) is 3.80. The molecule has 1 aromatic heterocycles. The molecule has 2 aromatic carbocycles. The van der Waals surface area contributed by atoms with Gasteiger partial charge in [-0.1, -0.05) is 42.5 Å². The van der Waals surface area contributed by atoms with Gasteiger partial charge in [-0.15, -0.1) is 0 Å². The standard InChI is InChI=1S/C19H19N3O/c1-2-22-17-11-7-6-10-16(17)20-19(22)21-18(23)15-12-14(15)13-8-4-3-5-9-13/h3-11,14-15H,2,12H2,1H3,(H,20,21,23)/t14-,15+/m0/s1. The number of aryl methyl sites for hydroxylation is 1. The molecule has 1 fully saturated rings. The average Bonchev–Trinajstić information content (AvgIpc) is 3.31. The number of para-hydroxylation sites is 2. The lowest BCUT2D eigenvalue weighted by Crippen LogP contribution is -2.18. The number of nitrogens with zero attached hydrogens (tertiary/aromatic N) is 2. The maximum atomic E-state index is 12.5. The highest BCUT2D eigenvalue weighted by Crippen LogP contribution is 2.47. The van der Waals surface area contributed by atoms with Crippen LogP contribution in [0.2, 0.25) is 0 Å². The SMILES string of the molecule is CCn1c(NC(=O)[C@@H]2C[C@H]2c2ccccc2)nc2ccccc21. The van der Waals surface area contributed by atoms with Crippen molar-refractivity contribution in [2.75, 3.05) is 5.32 Å². The van der Waals surface area contributed by atoms with Gasteiger partial charge in [0.15, 0.2) is 0 Å². The van der Waals surface area contributed by atoms with Gasteiger partial charge in [-0.2, -0.15) is 0 Å². The quantitative estimate of drug-likeness (QED) is 0.797. The highest BCUT2D eigenvalue weighted by molar-refractivity contribution is 5.95. The first-order valence-electron chi connectivity index (χ1n) is 8.09. The van der Waals surface area contributed by atoms with Crippen molar-refractivity contribution in [2.45, 2.75) is 25.8 Å². The van der Waals surface area contributed by atoms with Gasteiger partial charge in [0, 0.05) is 12.5 Å². The lowest BCUT2D eigenvalue weighted by Gasteiger charge is -2.07. The normalized spacial score (nSPS) is 19.7. The van der Waals surface area contributed by atoms with Crippen molar-refractivity contribution in [3.05, 3.63) is 60.2 Å². The maximum absolute atomic E-state index is 12.5. The number of carbonyl (C=O) groups is 1. The summed E-state index contributed by atoms with van der Waals surface area (Å²) in [7, 11) is 0. The Kier molecular flexibility index (Phi) is 3.37. The molecule has 116 valence electrons. The molecule has 0 aliphatic heterocycles. The molecule has 1 saturated carbocycles. The lowest BCUT2D eigenvalue weighted by atomic mass is 10.1. The van der Waals surface area contributed by atoms with Crippen molar-refractivity contribution in [3.63, 3.8) is 0 Å². The van der Waals surface area contributed by atoms with Crippen LogP contribution in [0.3, 0.4) is 0 Å². The minimum Gasteiger partial charge on any atom is -0.310 e. The first-order chi connectivity index (χ1) is 11.3. The van der Waals surface area contributed by atoms with Crippen molar-refractivity contribution in [3.8, 4) is 0 Å². The third-order valence-corrected chi connectivity index (χ3v) is 4.56. The first kappa shape index (κ1) is 14.0. The van der Waals surface area contributed by atoms with Crippen molar-refractivity contribution >= 4 is 22.9 Å². The van der Waals surface area contributed by atoms with Gasteiger partial charge in [-0.05, 0) is 37.0 Å². The summed E-state index contributed by atoms with van der Waals surface area (Å²) in [6.45, 7) is 2.84. The van der Waals surface area contributed by atoms with Crippen molar-refractivity contribution in [1.29, 1.82) is 0 Å². The Labute approximate surface area is 135 Å². The summed E-state index contributed by atoms with van der Waals surface area (Å²) in [5.74, 6) is 1.12. The molecule has 0 radical (unpaired) electrons. The second-order valence-corrected chi connectivity index (χ2v) is 6.02. The second kappa shape index (κ2) is 5.54. The van der Waals surface area contributed by atoms with Crippen molar-refractivity contribution in [2.24, 2.45) is 5.92 Å². The third-order valence-electron chi connectivity index (χ3n) is 4.56. The molecule has 3 aromatic rings. The molecule has 4 nitrogen and oxygen atoms in total. The Hall–Kier alpha value is -2.62. The number of amides is 1. The number of benzene rings is 2. The van der Waals surface area contributed by atoms with Crippen LogP contribution in [0.4, 0.5) is 5.95 Å². The number of hydrogen-bond donors (Lipinski definition) is 1. The predicted molar refractivity (Wildman–Crippen MR) is 91.3 cm³/mol. The average molecular weight is 305 g/mol. The molecule has 2 atom stereocenters. The fraction of sp³-hybridized carbons (Fsp3) is 0.263. The minimum atomic E-state index is 0.0579. The molecule has 0 bridgehead atoms. The van der Waals surface area contributed by atoms with Crippen LogP contribution in [0.1, 0.15) is 24.8 Å². The van der Waals surface area contributed by atoms with Crippen LogP contribution >= 0.6 is 0 Å². The fourth-order valence-electron chi connectivity index (χ4n) is 3.25. The molecular formula is C19H19N3O. The van der Waals surface area contributed by atoms with Gasteiger partial charge in [0.1, 0.15) is 0 Å². The topological polar surface area (TPSA) is 46.9 Å². The minimum absolute atomic E-state index is 0.0579. The zero-order valence-electron chi connectivity index (χ0n) is 13.1. The highest BCUT2D eigenvalue weighted by atomic mass is 16.2. The largest absolute Gasteiger partial charge is 0.310 e. The molecule has 0 saturated heterocycles. The van der Waals surface area contributed by atoms with Crippen molar-refractivity contribution < 1.29 is 4.79 Å². The van der Waals surface area contributed by atoms with E-state index in [1.165, 1.54) is 5.56 Å². The Bertz CT molecular complexity index is 853. The maximum Gasteiger partial charge on any atom is 0.230 e. The van der Waals surface area contributed by atoms with Crippen LogP contribution in [0.25, 0.3) is 11.0 Å². The summed E-state index contributed by atoms with van der Waals surface area (Å²) in [5.41, 5.74) is 3.22. The third kappa shape index (κ3) is 2.50. The van der Waals surface area contributed by atoms with E-state index >= 15 is 0 Å². The van der Waals surface area contributed by atoms with Gasteiger partial charge in [-0.25, -0.2) is 4.98 Å². The molecule has 1 aliphatic rings. The monoisotopic (exact) mass is 305 g/mol. The van der Waals surface area contributed by atoms with E-state index in [9.17, 15) is 4.79 Å². The van der Waals surface area contributed by atoms with Crippen LogP contribution in [0.15, 0.2) is 54.6 Å². The molecule has 1 aliphatic carbocycles. The van der Waals surface area contributed by atoms with E-state index < -0.39 is 0 Å². The summed E-state index contributed by atoms with van der Waals surface area (Å²) in [4.78, 5) is 17.1.